The average Bonchev–Trinajstić information content (AvgIpc) is 3.59. The number of aromatic amines is 1. The van der Waals surface area contributed by atoms with E-state index >= 15 is 0 Å². The number of thiazole rings is 1. The fourth-order valence-corrected chi connectivity index (χ4v) is 8.63. The van der Waals surface area contributed by atoms with Crippen LogP contribution >= 0.6 is 58.2 Å². The molecule has 6 N–H and O–H groups in total. The molecule has 3 aromatic rings. The zero-order chi connectivity index (χ0) is 29.1. The number of pyridine rings is 1. The van der Waals surface area contributed by atoms with Crippen molar-refractivity contribution in [1.82, 2.24) is 25.2 Å². The molecule has 1 fully saturated rings. The largest absolute Gasteiger partial charge is 0.477 e. The van der Waals surface area contributed by atoms with Gasteiger partial charge < -0.3 is 21.4 Å². The van der Waals surface area contributed by atoms with Crippen LogP contribution in [0.25, 0.3) is 0 Å². The molecule has 2 aliphatic heterocycles. The Kier molecular flexibility index (Phi) is 9.08. The van der Waals surface area contributed by atoms with Gasteiger partial charge in [-0.2, -0.15) is 11.8 Å². The molecule has 5 heterocycles. The van der Waals surface area contributed by atoms with E-state index < -0.39 is 34.9 Å². The Morgan fingerprint density at radius 1 is 1.41 bits per heavy atom. The van der Waals surface area contributed by atoms with Crippen molar-refractivity contribution in [3.8, 4) is 0 Å². The minimum absolute atomic E-state index is 0.0465. The lowest BCUT2D eigenvalue weighted by atomic mass is 10.0. The molecule has 2 aliphatic rings. The topological polar surface area (TPSA) is 191 Å². The van der Waals surface area contributed by atoms with Crippen LogP contribution in [-0.2, 0) is 26.7 Å². The summed E-state index contributed by atoms with van der Waals surface area (Å²) in [6, 6.07) is 0.795. The van der Waals surface area contributed by atoms with Crippen LogP contribution in [0.15, 0.2) is 57.8 Å². The Balaban J connectivity index is 1.28. The first kappa shape index (κ1) is 29.2. The highest BCUT2D eigenvalue weighted by atomic mass is 35.5. The second-order valence-electron chi connectivity index (χ2n) is 8.55. The van der Waals surface area contributed by atoms with Crippen molar-refractivity contribution < 1.29 is 29.3 Å². The van der Waals surface area contributed by atoms with Gasteiger partial charge in [0.05, 0.1) is 6.54 Å². The summed E-state index contributed by atoms with van der Waals surface area (Å²) in [5.74, 6) is -0.865. The number of oxime groups is 1. The number of hydrogen-bond acceptors (Lipinski definition) is 12. The minimum atomic E-state index is -1.24. The van der Waals surface area contributed by atoms with E-state index in [0.29, 0.717) is 16.4 Å². The first-order valence-electron chi connectivity index (χ1n) is 11.8. The summed E-state index contributed by atoms with van der Waals surface area (Å²) in [7, 11) is 0. The number of nitrogens with one attached hydrogen (secondary N) is 2. The molecule has 13 nitrogen and oxygen atoms in total. The maximum atomic E-state index is 13.1. The van der Waals surface area contributed by atoms with E-state index in [0.717, 1.165) is 34.1 Å². The van der Waals surface area contributed by atoms with Crippen LogP contribution in [-0.4, -0.2) is 76.6 Å². The number of carboxylic acids is 1. The molecule has 2 atom stereocenters. The zero-order valence-corrected chi connectivity index (χ0v) is 24.9. The molecule has 1 saturated heterocycles. The van der Waals surface area contributed by atoms with E-state index in [1.54, 1.807) is 24.2 Å². The molecule has 0 radical (unpaired) electrons. The fourth-order valence-electron chi connectivity index (χ4n) is 4.11. The third-order valence-corrected chi connectivity index (χ3v) is 10.7. The molecular weight excluding hydrogens is 632 g/mol. The minimum Gasteiger partial charge on any atom is -0.477 e. The van der Waals surface area contributed by atoms with Crippen LogP contribution < -0.4 is 15.6 Å². The van der Waals surface area contributed by atoms with E-state index in [1.807, 2.05) is 29.4 Å². The number of carbonyl (C=O) groups excluding carboxylic acids is 2. The van der Waals surface area contributed by atoms with Gasteiger partial charge in [0, 0.05) is 39.5 Å². The number of aryl methyl sites for hydroxylation is 1. The van der Waals surface area contributed by atoms with Crippen LogP contribution in [0.2, 0.25) is 4.34 Å². The summed E-state index contributed by atoms with van der Waals surface area (Å²) in [6.45, 7) is 0.842. The molecule has 18 heteroatoms. The highest BCUT2D eigenvalue weighted by Gasteiger charge is 2.54. The molecule has 0 unspecified atom stereocenters. The third kappa shape index (κ3) is 6.18. The number of anilines is 1. The molecule has 3 aromatic heterocycles. The first-order chi connectivity index (χ1) is 19.8. The standard InChI is InChI=1S/C23H21ClN8O5S4/c24-18-14(29-23(25)41-18)15(30-37)19(33)28-16-20(34)32-17(22(35)36)13(9-39-21(16)32)40-12-1-2-26-7-11(12)8-38-6-5-31-4-3-27-10-31/h1-4,7,10,16,21H,5-6,8-9H2,(H5,25,28,29,33,35,36,37)/p+1/t16-,21-/m1/s1. The number of hydrogen-bond donors (Lipinski definition) is 5. The highest BCUT2D eigenvalue weighted by molar-refractivity contribution is 8.06. The number of carboxylic acid groups (broad SMARTS) is 1. The molecule has 214 valence electrons. The molecule has 0 aliphatic carbocycles. The maximum Gasteiger partial charge on any atom is 0.353 e. The summed E-state index contributed by atoms with van der Waals surface area (Å²) >= 11 is 11.3. The highest BCUT2D eigenvalue weighted by Crippen LogP contribution is 2.46. The van der Waals surface area contributed by atoms with E-state index in [1.165, 1.54) is 28.4 Å². The molecule has 0 saturated carbocycles. The van der Waals surface area contributed by atoms with Gasteiger partial charge in [0.15, 0.2) is 10.8 Å². The molecule has 0 bridgehead atoms. The molecular formula is C23H22ClN8O5S4+. The number of thioether (sulfide) groups is 3. The SMILES string of the molecule is Nc1nc(/C(=N/O)C(=O)N[C@@H]2C(=O)N3C(C(=O)O)=C(Sc4ccncc4CSCC[n+]4cc[nH]c4)CS[C@H]23)c(Cl)s1. The smallest absolute Gasteiger partial charge is 0.353 e. The average molecular weight is 654 g/mol. The normalized spacial score (nSPS) is 18.7. The number of rotatable bonds is 11. The van der Waals surface area contributed by atoms with Gasteiger partial charge in [0.1, 0.15) is 39.5 Å². The van der Waals surface area contributed by atoms with Gasteiger partial charge in [-0.25, -0.2) is 14.3 Å². The van der Waals surface area contributed by atoms with Crippen LogP contribution in [0.5, 0.6) is 0 Å². The van der Waals surface area contributed by atoms with Gasteiger partial charge in [-0.1, -0.05) is 39.9 Å². The van der Waals surface area contributed by atoms with E-state index in [9.17, 15) is 24.7 Å². The van der Waals surface area contributed by atoms with Crippen molar-refractivity contribution in [3.63, 3.8) is 0 Å². The van der Waals surface area contributed by atoms with Crippen molar-refractivity contribution in [2.24, 2.45) is 5.16 Å². The molecule has 2 amide bonds. The van der Waals surface area contributed by atoms with Crippen molar-refractivity contribution in [2.45, 2.75) is 28.6 Å². The second-order valence-corrected chi connectivity index (χ2v) is 13.5. The lowest BCUT2D eigenvalue weighted by Gasteiger charge is -2.49. The van der Waals surface area contributed by atoms with Gasteiger partial charge in [-0.05, 0) is 11.6 Å². The molecule has 0 aromatic carbocycles. The van der Waals surface area contributed by atoms with Gasteiger partial charge in [0.25, 0.3) is 11.8 Å². The number of carbonyl (C=O) groups is 3. The van der Waals surface area contributed by atoms with Gasteiger partial charge in [-0.15, -0.1) is 11.8 Å². The number of aromatic nitrogens is 4. The quantitative estimate of drug-likeness (QED) is 0.0508. The van der Waals surface area contributed by atoms with Crippen LogP contribution in [0, 0.1) is 0 Å². The van der Waals surface area contributed by atoms with E-state index in [2.05, 4.69) is 25.4 Å². The Labute approximate surface area is 254 Å². The number of H-pyrrole nitrogens is 1. The summed E-state index contributed by atoms with van der Waals surface area (Å²) in [5, 5.41) is 24.4. The number of nitrogens with two attached hydrogens (primary N) is 1. The van der Waals surface area contributed by atoms with Crippen LogP contribution in [0.1, 0.15) is 11.3 Å². The number of halogens is 1. The van der Waals surface area contributed by atoms with Gasteiger partial charge in [-0.3, -0.25) is 24.5 Å². The lowest BCUT2D eigenvalue weighted by Crippen LogP contribution is -2.71. The van der Waals surface area contributed by atoms with Crippen molar-refractivity contribution in [1.29, 1.82) is 0 Å². The van der Waals surface area contributed by atoms with Crippen molar-refractivity contribution >= 4 is 86.9 Å². The van der Waals surface area contributed by atoms with Crippen LogP contribution in [0.3, 0.4) is 0 Å². The van der Waals surface area contributed by atoms with E-state index in [-0.39, 0.29) is 20.9 Å². The zero-order valence-electron chi connectivity index (χ0n) is 20.9. The molecule has 41 heavy (non-hydrogen) atoms. The number of β-lactam (4-membered cyclic amide) rings is 1. The summed E-state index contributed by atoms with van der Waals surface area (Å²) in [4.78, 5) is 52.0. The number of imidazole rings is 1. The fraction of sp³-hybridized carbons (Fsp3) is 0.261. The number of nitrogens with zero attached hydrogens (tertiary/aromatic N) is 5. The first-order valence-corrected chi connectivity index (χ1v) is 16.1. The van der Waals surface area contributed by atoms with Crippen molar-refractivity contribution in [2.75, 3.05) is 17.2 Å². The Bertz CT molecular complexity index is 1550. The predicted molar refractivity (Wildman–Crippen MR) is 157 cm³/mol. The van der Waals surface area contributed by atoms with Gasteiger partial charge in [0.2, 0.25) is 6.33 Å². The maximum absolute atomic E-state index is 13.1. The van der Waals surface area contributed by atoms with E-state index in [4.69, 9.17) is 17.3 Å². The number of amides is 2. The Morgan fingerprint density at radius 2 is 2.24 bits per heavy atom. The van der Waals surface area contributed by atoms with Gasteiger partial charge >= 0.3 is 5.97 Å². The number of aliphatic carboxylic acids is 1. The summed E-state index contributed by atoms with van der Waals surface area (Å²) in [5.41, 5.74) is 5.83. The predicted octanol–water partition coefficient (Wildman–Crippen LogP) is 1.99. The Hall–Kier alpha value is -3.25. The van der Waals surface area contributed by atoms with Crippen molar-refractivity contribution in [3.05, 3.63) is 63.4 Å². The number of fused-ring (bicyclic) bond motifs is 1. The summed E-state index contributed by atoms with van der Waals surface area (Å²) in [6.07, 6.45) is 9.11. The monoisotopic (exact) mass is 653 g/mol. The third-order valence-electron chi connectivity index (χ3n) is 6.01. The lowest BCUT2D eigenvalue weighted by molar-refractivity contribution is -0.691. The summed E-state index contributed by atoms with van der Waals surface area (Å²) < 4.78 is 2.09. The van der Waals surface area contributed by atoms with Crippen LogP contribution in [0.4, 0.5) is 5.13 Å². The second kappa shape index (κ2) is 12.7. The number of nitrogen functional groups attached to an aromatic ring is 1. The molecule has 0 spiro atoms. The molecule has 5 rings (SSSR count). The Morgan fingerprint density at radius 3 is 2.93 bits per heavy atom.